The fraction of sp³-hybridized carbons (Fsp3) is 0.333. The normalized spacial score (nSPS) is 11.9. The van der Waals surface area contributed by atoms with Gasteiger partial charge in [0.2, 0.25) is 0 Å². The highest BCUT2D eigenvalue weighted by atomic mass is 16.5. The van der Waals surface area contributed by atoms with Gasteiger partial charge in [0.25, 0.3) is 0 Å². The highest BCUT2D eigenvalue weighted by Crippen LogP contribution is 2.14. The van der Waals surface area contributed by atoms with Crippen LogP contribution in [0.3, 0.4) is 0 Å². The molecule has 0 saturated heterocycles. The molecule has 2 aromatic rings. The van der Waals surface area contributed by atoms with Gasteiger partial charge in [-0.25, -0.2) is 0 Å². The van der Waals surface area contributed by atoms with Crippen LogP contribution in [0.25, 0.3) is 0 Å². The lowest BCUT2D eigenvalue weighted by Crippen LogP contribution is -2.35. The van der Waals surface area contributed by atoms with Crippen molar-refractivity contribution in [2.75, 3.05) is 0 Å². The molecule has 0 spiro atoms. The first-order valence-electron chi connectivity index (χ1n) is 7.77. The van der Waals surface area contributed by atoms with Gasteiger partial charge >= 0.3 is 5.97 Å². The van der Waals surface area contributed by atoms with Crippen LogP contribution in [0.4, 0.5) is 0 Å². The summed E-state index contributed by atoms with van der Waals surface area (Å²) in [6, 6.07) is 12.9. The third-order valence-corrected chi connectivity index (χ3v) is 3.46. The zero-order chi connectivity index (χ0) is 16.5. The quantitative estimate of drug-likeness (QED) is 0.744. The van der Waals surface area contributed by atoms with E-state index < -0.39 is 12.0 Å². The number of nitrogens with zero attached hydrogens (tertiary/aromatic N) is 1. The van der Waals surface area contributed by atoms with Crippen LogP contribution < -0.4 is 10.1 Å². The zero-order valence-electron chi connectivity index (χ0n) is 13.2. The number of pyridine rings is 1. The van der Waals surface area contributed by atoms with Gasteiger partial charge in [-0.1, -0.05) is 31.5 Å². The monoisotopic (exact) mass is 314 g/mol. The largest absolute Gasteiger partial charge is 0.487 e. The molecule has 5 heteroatoms. The average molecular weight is 314 g/mol. The minimum Gasteiger partial charge on any atom is -0.487 e. The lowest BCUT2D eigenvalue weighted by Gasteiger charge is -2.13. The van der Waals surface area contributed by atoms with Crippen molar-refractivity contribution in [3.8, 4) is 5.75 Å². The molecule has 1 unspecified atom stereocenters. The molecule has 0 fully saturated rings. The second kappa shape index (κ2) is 8.90. The predicted molar refractivity (Wildman–Crippen MR) is 88.2 cm³/mol. The van der Waals surface area contributed by atoms with E-state index >= 15 is 0 Å². The molecule has 0 aliphatic carbocycles. The first-order valence-corrected chi connectivity index (χ1v) is 7.77. The standard InChI is InChI=1S/C18H22N2O3/c1-2-5-17(18(21)22)20-12-14-7-9-16(10-8-14)23-13-15-6-3-4-11-19-15/h3-4,6-11,17,20H,2,5,12-13H2,1H3,(H,21,22). The number of aliphatic carboxylic acids is 1. The smallest absolute Gasteiger partial charge is 0.320 e. The maximum absolute atomic E-state index is 11.1. The van der Waals surface area contributed by atoms with Crippen molar-refractivity contribution in [3.63, 3.8) is 0 Å². The highest BCUT2D eigenvalue weighted by Gasteiger charge is 2.14. The van der Waals surface area contributed by atoms with Crippen molar-refractivity contribution in [2.45, 2.75) is 39.0 Å². The van der Waals surface area contributed by atoms with Crippen molar-refractivity contribution in [3.05, 3.63) is 59.9 Å². The Kier molecular flexibility index (Phi) is 6.56. The van der Waals surface area contributed by atoms with Crippen molar-refractivity contribution in [2.24, 2.45) is 0 Å². The summed E-state index contributed by atoms with van der Waals surface area (Å²) in [7, 11) is 0. The Morgan fingerprint density at radius 3 is 2.65 bits per heavy atom. The first-order chi connectivity index (χ1) is 11.2. The van der Waals surface area contributed by atoms with E-state index in [0.717, 1.165) is 23.4 Å². The van der Waals surface area contributed by atoms with E-state index in [2.05, 4.69) is 10.3 Å². The van der Waals surface area contributed by atoms with Crippen molar-refractivity contribution in [1.29, 1.82) is 0 Å². The van der Waals surface area contributed by atoms with Gasteiger partial charge in [0.15, 0.2) is 0 Å². The summed E-state index contributed by atoms with van der Waals surface area (Å²) in [5.74, 6) is -0.0371. The number of ether oxygens (including phenoxy) is 1. The number of rotatable bonds is 9. The van der Waals surface area contributed by atoms with Crippen LogP contribution >= 0.6 is 0 Å². The maximum Gasteiger partial charge on any atom is 0.320 e. The Balaban J connectivity index is 1.83. The van der Waals surface area contributed by atoms with E-state index in [1.54, 1.807) is 6.20 Å². The summed E-state index contributed by atoms with van der Waals surface area (Å²) < 4.78 is 5.67. The van der Waals surface area contributed by atoms with E-state index in [9.17, 15) is 4.79 Å². The molecule has 1 aromatic carbocycles. The van der Waals surface area contributed by atoms with Crippen molar-refractivity contribution < 1.29 is 14.6 Å². The lowest BCUT2D eigenvalue weighted by molar-refractivity contribution is -0.139. The Labute approximate surface area is 136 Å². The van der Waals surface area contributed by atoms with Gasteiger partial charge in [0, 0.05) is 12.7 Å². The molecule has 122 valence electrons. The number of carboxylic acid groups (broad SMARTS) is 1. The van der Waals surface area contributed by atoms with Gasteiger partial charge in [-0.15, -0.1) is 0 Å². The highest BCUT2D eigenvalue weighted by molar-refractivity contribution is 5.73. The number of aromatic nitrogens is 1. The molecule has 1 heterocycles. The lowest BCUT2D eigenvalue weighted by atomic mass is 10.1. The third kappa shape index (κ3) is 5.71. The van der Waals surface area contributed by atoms with Crippen LogP contribution in [-0.4, -0.2) is 22.1 Å². The molecule has 0 aliphatic rings. The van der Waals surface area contributed by atoms with Crippen LogP contribution in [0, 0.1) is 0 Å². The van der Waals surface area contributed by atoms with E-state index in [0.29, 0.717) is 19.6 Å². The van der Waals surface area contributed by atoms with E-state index in [4.69, 9.17) is 9.84 Å². The second-order valence-corrected chi connectivity index (χ2v) is 5.31. The maximum atomic E-state index is 11.1. The van der Waals surface area contributed by atoms with Gasteiger partial charge in [-0.05, 0) is 36.2 Å². The van der Waals surface area contributed by atoms with E-state index in [1.165, 1.54) is 0 Å². The van der Waals surface area contributed by atoms with Gasteiger partial charge in [0.05, 0.1) is 5.69 Å². The average Bonchev–Trinajstić information content (AvgIpc) is 2.58. The van der Waals surface area contributed by atoms with Gasteiger partial charge in [-0.2, -0.15) is 0 Å². The van der Waals surface area contributed by atoms with Gasteiger partial charge < -0.3 is 15.2 Å². The molecule has 0 bridgehead atoms. The molecule has 2 N–H and O–H groups in total. The van der Waals surface area contributed by atoms with Crippen LogP contribution in [0.15, 0.2) is 48.7 Å². The molecule has 0 amide bonds. The number of carboxylic acids is 1. The molecule has 0 saturated carbocycles. The predicted octanol–water partition coefficient (Wildman–Crippen LogP) is 3.00. The Morgan fingerprint density at radius 1 is 1.26 bits per heavy atom. The molecule has 2 rings (SSSR count). The van der Waals surface area contributed by atoms with Crippen molar-refractivity contribution in [1.82, 2.24) is 10.3 Å². The number of carbonyl (C=O) groups is 1. The van der Waals surface area contributed by atoms with Crippen LogP contribution in [0.5, 0.6) is 5.75 Å². The second-order valence-electron chi connectivity index (χ2n) is 5.31. The number of nitrogens with one attached hydrogen (secondary N) is 1. The summed E-state index contributed by atoms with van der Waals surface area (Å²) in [6.07, 6.45) is 3.20. The molecule has 1 atom stereocenters. The minimum absolute atomic E-state index is 0.427. The minimum atomic E-state index is -0.804. The molecule has 0 aliphatic heterocycles. The fourth-order valence-electron chi connectivity index (χ4n) is 2.19. The number of hydrogen-bond acceptors (Lipinski definition) is 4. The summed E-state index contributed by atoms with van der Waals surface area (Å²) in [4.78, 5) is 15.3. The Morgan fingerprint density at radius 2 is 2.04 bits per heavy atom. The summed E-state index contributed by atoms with van der Waals surface area (Å²) in [5, 5.41) is 12.2. The summed E-state index contributed by atoms with van der Waals surface area (Å²) in [6.45, 7) is 2.93. The van der Waals surface area contributed by atoms with E-state index in [1.807, 2.05) is 49.4 Å². The SMILES string of the molecule is CCCC(NCc1ccc(OCc2ccccn2)cc1)C(=O)O. The van der Waals surface area contributed by atoms with Crippen LogP contribution in [0.1, 0.15) is 31.0 Å². The van der Waals surface area contributed by atoms with Crippen LogP contribution in [0.2, 0.25) is 0 Å². The summed E-state index contributed by atoms with van der Waals surface area (Å²) >= 11 is 0. The first kappa shape index (κ1) is 17.0. The van der Waals surface area contributed by atoms with Gasteiger partial charge in [0.1, 0.15) is 18.4 Å². The molecule has 0 radical (unpaired) electrons. The topological polar surface area (TPSA) is 71.5 Å². The molecular formula is C18H22N2O3. The fourth-order valence-corrected chi connectivity index (χ4v) is 2.19. The van der Waals surface area contributed by atoms with Crippen LogP contribution in [-0.2, 0) is 17.9 Å². The molecule has 5 nitrogen and oxygen atoms in total. The number of benzene rings is 1. The molecule has 23 heavy (non-hydrogen) atoms. The Hall–Kier alpha value is -2.40. The molecule has 1 aromatic heterocycles. The Bertz CT molecular complexity index is 599. The van der Waals surface area contributed by atoms with E-state index in [-0.39, 0.29) is 0 Å². The number of hydrogen-bond donors (Lipinski definition) is 2. The van der Waals surface area contributed by atoms with Crippen molar-refractivity contribution >= 4 is 5.97 Å². The zero-order valence-corrected chi connectivity index (χ0v) is 13.2. The molecular weight excluding hydrogens is 292 g/mol. The third-order valence-electron chi connectivity index (χ3n) is 3.46. The summed E-state index contributed by atoms with van der Waals surface area (Å²) in [5.41, 5.74) is 1.90. The van der Waals surface area contributed by atoms with Gasteiger partial charge in [-0.3, -0.25) is 9.78 Å².